The van der Waals surface area contributed by atoms with E-state index in [2.05, 4.69) is 10.7 Å². The molecule has 0 aliphatic carbocycles. The molecule has 0 radical (unpaired) electrons. The Kier molecular flexibility index (Phi) is 3.58. The van der Waals surface area contributed by atoms with Crippen molar-refractivity contribution in [3.63, 3.8) is 0 Å². The Morgan fingerprint density at radius 3 is 2.57 bits per heavy atom. The maximum absolute atomic E-state index is 4.59. The van der Waals surface area contributed by atoms with Gasteiger partial charge in [-0.05, 0) is 6.26 Å². The van der Waals surface area contributed by atoms with Gasteiger partial charge in [0.1, 0.15) is 0 Å². The molecule has 7 heavy (non-hydrogen) atoms. The molecule has 0 unspecified atom stereocenters. The molecule has 0 bridgehead atoms. The molecule has 1 aromatic rings. The fraction of sp³-hybridized carbons (Fsp3) is 0.200. The van der Waals surface area contributed by atoms with Crippen LogP contribution in [0.3, 0.4) is 0 Å². The summed E-state index contributed by atoms with van der Waals surface area (Å²) >= 11 is 0. The quantitative estimate of drug-likeness (QED) is 0.536. The van der Waals surface area contributed by atoms with Gasteiger partial charge in [0.15, 0.2) is 0 Å². The zero-order chi connectivity index (χ0) is 4.41. The topological polar surface area (TPSA) is 13.1 Å². The molecule has 0 atom stereocenters. The summed E-state index contributed by atoms with van der Waals surface area (Å²) in [5, 5.41) is 0. The van der Waals surface area contributed by atoms with Crippen LogP contribution in [0.4, 0.5) is 0 Å². The van der Waals surface area contributed by atoms with E-state index in [9.17, 15) is 0 Å². The summed E-state index contributed by atoms with van der Waals surface area (Å²) in [7, 11) is 0. The first-order valence-corrected chi connectivity index (χ1v) is 1.81. The third kappa shape index (κ3) is 2.25. The number of hydrogen-bond acceptors (Lipinski definition) is 1. The number of hydrogen-bond donors (Lipinski definition) is 0. The van der Waals surface area contributed by atoms with Crippen LogP contribution in [-0.2, 0) is 32.7 Å². The minimum atomic E-state index is 0. The second-order valence-electron chi connectivity index (χ2n) is 1.21. The molecule has 1 heterocycles. The zero-order valence-corrected chi connectivity index (χ0v) is 6.98. The van der Waals surface area contributed by atoms with Gasteiger partial charge >= 0.3 is 32.7 Å². The average molecular weight is 170 g/mol. The van der Waals surface area contributed by atoms with Crippen molar-refractivity contribution < 1.29 is 37.1 Å². The molecule has 1 rings (SSSR count). The Bertz CT molecular complexity index is 112. The van der Waals surface area contributed by atoms with Gasteiger partial charge < -0.3 is 4.42 Å². The SMILES string of the molecule is Cc1[c-]occ1.[Y+3]. The monoisotopic (exact) mass is 170 g/mol. The van der Waals surface area contributed by atoms with Crippen LogP contribution >= 0.6 is 0 Å². The fourth-order valence-electron chi connectivity index (χ4n) is 0.297. The van der Waals surface area contributed by atoms with Crippen LogP contribution < -0.4 is 0 Å². The van der Waals surface area contributed by atoms with Crippen molar-refractivity contribution in [3.8, 4) is 0 Å². The van der Waals surface area contributed by atoms with Gasteiger partial charge in [0.05, 0.1) is 0 Å². The van der Waals surface area contributed by atoms with E-state index in [0.29, 0.717) is 0 Å². The van der Waals surface area contributed by atoms with E-state index < -0.39 is 0 Å². The minimum absolute atomic E-state index is 0. The van der Waals surface area contributed by atoms with Crippen LogP contribution in [0.2, 0.25) is 0 Å². The second-order valence-corrected chi connectivity index (χ2v) is 1.21. The van der Waals surface area contributed by atoms with Gasteiger partial charge in [-0.15, -0.1) is 5.56 Å². The molecular weight excluding hydrogens is 165 g/mol. The van der Waals surface area contributed by atoms with Gasteiger partial charge in [-0.3, -0.25) is 0 Å². The molecule has 0 spiro atoms. The first-order chi connectivity index (χ1) is 2.89. The smallest absolute Gasteiger partial charge is 0.599 e. The summed E-state index contributed by atoms with van der Waals surface area (Å²) in [6.45, 7) is 1.93. The predicted molar refractivity (Wildman–Crippen MR) is 22.3 cm³/mol. The number of aryl methyl sites for hydroxylation is 1. The van der Waals surface area contributed by atoms with Gasteiger partial charge in [0.2, 0.25) is 0 Å². The maximum atomic E-state index is 4.59. The Morgan fingerprint density at radius 2 is 2.43 bits per heavy atom. The van der Waals surface area contributed by atoms with Crippen molar-refractivity contribution in [1.82, 2.24) is 0 Å². The van der Waals surface area contributed by atoms with Crippen LogP contribution in [0, 0.1) is 13.2 Å². The minimum Gasteiger partial charge on any atom is -0.599 e. The molecule has 0 saturated heterocycles. The van der Waals surface area contributed by atoms with Crippen molar-refractivity contribution in [2.75, 3.05) is 0 Å². The van der Waals surface area contributed by atoms with Gasteiger partial charge in [-0.25, -0.2) is 0 Å². The molecule has 0 aromatic carbocycles. The third-order valence-electron chi connectivity index (χ3n) is 0.606. The molecule has 0 aliphatic rings. The number of furan rings is 1. The fourth-order valence-corrected chi connectivity index (χ4v) is 0.297. The summed E-state index contributed by atoms with van der Waals surface area (Å²) in [6.07, 6.45) is 4.23. The van der Waals surface area contributed by atoms with Gasteiger partial charge in [-0.2, -0.15) is 6.07 Å². The molecule has 0 aliphatic heterocycles. The van der Waals surface area contributed by atoms with E-state index in [4.69, 9.17) is 0 Å². The molecular formula is C5H5OY+2. The van der Waals surface area contributed by atoms with E-state index in [-0.39, 0.29) is 32.7 Å². The van der Waals surface area contributed by atoms with Gasteiger partial charge in [0, 0.05) is 0 Å². The van der Waals surface area contributed by atoms with Crippen LogP contribution in [0.5, 0.6) is 0 Å². The van der Waals surface area contributed by atoms with E-state index in [0.717, 1.165) is 5.56 Å². The molecule has 0 fully saturated rings. The molecule has 1 aromatic heterocycles. The summed E-state index contributed by atoms with van der Waals surface area (Å²) in [5.74, 6) is 0. The Balaban J connectivity index is 0.000000360. The number of rotatable bonds is 0. The predicted octanol–water partition coefficient (Wildman–Crippen LogP) is 1.39. The molecule has 0 N–H and O–H groups in total. The van der Waals surface area contributed by atoms with Crippen molar-refractivity contribution in [2.45, 2.75) is 6.92 Å². The summed E-state index contributed by atoms with van der Waals surface area (Å²) in [6, 6.07) is 1.86. The van der Waals surface area contributed by atoms with Crippen LogP contribution in [0.15, 0.2) is 16.7 Å². The standard InChI is InChI=1S/C5H5O.Y/c1-5-2-3-6-4-5;/h2-3H,1H3;/q-1;+3. The van der Waals surface area contributed by atoms with E-state index in [1.807, 2.05) is 13.0 Å². The van der Waals surface area contributed by atoms with Crippen molar-refractivity contribution in [3.05, 3.63) is 24.2 Å². The Morgan fingerprint density at radius 1 is 1.71 bits per heavy atom. The molecule has 32 valence electrons. The summed E-state index contributed by atoms with van der Waals surface area (Å²) < 4.78 is 4.59. The van der Waals surface area contributed by atoms with Crippen LogP contribution in [-0.4, -0.2) is 0 Å². The first-order valence-electron chi connectivity index (χ1n) is 1.81. The van der Waals surface area contributed by atoms with Crippen molar-refractivity contribution in [1.29, 1.82) is 0 Å². The second kappa shape index (κ2) is 3.39. The van der Waals surface area contributed by atoms with Gasteiger partial charge in [0.25, 0.3) is 0 Å². The van der Waals surface area contributed by atoms with E-state index >= 15 is 0 Å². The van der Waals surface area contributed by atoms with E-state index in [1.54, 1.807) is 6.26 Å². The molecule has 1 nitrogen and oxygen atoms in total. The first kappa shape index (κ1) is 7.38. The van der Waals surface area contributed by atoms with Crippen molar-refractivity contribution in [2.24, 2.45) is 0 Å². The average Bonchev–Trinajstić information content (AvgIpc) is 1.86. The van der Waals surface area contributed by atoms with Crippen LogP contribution in [0.25, 0.3) is 0 Å². The summed E-state index contributed by atoms with van der Waals surface area (Å²) in [5.41, 5.74) is 1.05. The third-order valence-corrected chi connectivity index (χ3v) is 0.606. The molecule has 0 saturated carbocycles. The Labute approximate surface area is 68.0 Å². The molecule has 2 heteroatoms. The summed E-state index contributed by atoms with van der Waals surface area (Å²) in [4.78, 5) is 0. The largest absolute Gasteiger partial charge is 3.00 e. The van der Waals surface area contributed by atoms with E-state index in [1.165, 1.54) is 0 Å². The Hall–Kier alpha value is 0.384. The normalized spacial score (nSPS) is 7.57. The molecule has 0 amide bonds. The van der Waals surface area contributed by atoms with Gasteiger partial charge in [-0.1, -0.05) is 13.2 Å². The van der Waals surface area contributed by atoms with Crippen LogP contribution in [0.1, 0.15) is 5.56 Å². The maximum Gasteiger partial charge on any atom is 3.00 e. The zero-order valence-electron chi connectivity index (χ0n) is 4.14. The van der Waals surface area contributed by atoms with Crippen molar-refractivity contribution >= 4 is 0 Å².